The van der Waals surface area contributed by atoms with E-state index in [-0.39, 0.29) is 12.4 Å². The van der Waals surface area contributed by atoms with Crippen LogP contribution in [0.1, 0.15) is 11.1 Å². The SMILES string of the molecule is Cc1cc(S)c(O)c(CO)c1. The Morgan fingerprint density at radius 2 is 2.09 bits per heavy atom. The second kappa shape index (κ2) is 3.15. The Hall–Kier alpha value is -0.670. The van der Waals surface area contributed by atoms with Crippen LogP contribution in [0.5, 0.6) is 5.75 Å². The number of benzene rings is 1. The second-order valence-corrected chi connectivity index (χ2v) is 2.93. The Labute approximate surface area is 70.9 Å². The molecule has 1 rings (SSSR count). The van der Waals surface area contributed by atoms with E-state index in [0.717, 1.165) is 5.56 Å². The lowest BCUT2D eigenvalue weighted by Gasteiger charge is -2.04. The summed E-state index contributed by atoms with van der Waals surface area (Å²) < 4.78 is 0. The molecule has 11 heavy (non-hydrogen) atoms. The van der Waals surface area contributed by atoms with Crippen LogP contribution in [0.25, 0.3) is 0 Å². The fraction of sp³-hybridized carbons (Fsp3) is 0.250. The molecule has 2 N–H and O–H groups in total. The molecule has 0 aliphatic heterocycles. The van der Waals surface area contributed by atoms with Crippen molar-refractivity contribution >= 4 is 12.6 Å². The summed E-state index contributed by atoms with van der Waals surface area (Å²) in [7, 11) is 0. The first-order chi connectivity index (χ1) is 5.15. The van der Waals surface area contributed by atoms with E-state index in [0.29, 0.717) is 10.5 Å². The van der Waals surface area contributed by atoms with E-state index < -0.39 is 0 Å². The van der Waals surface area contributed by atoms with E-state index in [2.05, 4.69) is 12.6 Å². The average Bonchev–Trinajstić information content (AvgIpc) is 1.96. The number of hydrogen-bond donors (Lipinski definition) is 3. The topological polar surface area (TPSA) is 40.5 Å². The number of hydrogen-bond acceptors (Lipinski definition) is 3. The fourth-order valence-electron chi connectivity index (χ4n) is 0.954. The summed E-state index contributed by atoms with van der Waals surface area (Å²) in [5, 5.41) is 18.1. The van der Waals surface area contributed by atoms with Gasteiger partial charge in [0.1, 0.15) is 5.75 Å². The number of rotatable bonds is 1. The standard InChI is InChI=1S/C8H10O2S/c1-5-2-6(4-9)8(10)7(11)3-5/h2-3,9-11H,4H2,1H3. The molecule has 0 unspecified atom stereocenters. The molecule has 3 heteroatoms. The van der Waals surface area contributed by atoms with Gasteiger partial charge in [0, 0.05) is 10.5 Å². The monoisotopic (exact) mass is 170 g/mol. The highest BCUT2D eigenvalue weighted by Crippen LogP contribution is 2.27. The Morgan fingerprint density at radius 3 is 2.64 bits per heavy atom. The summed E-state index contributed by atoms with van der Waals surface area (Å²) in [6.45, 7) is 1.74. The number of aryl methyl sites for hydroxylation is 1. The summed E-state index contributed by atoms with van der Waals surface area (Å²) in [5.74, 6) is 0.0708. The normalized spacial score (nSPS) is 10.1. The summed E-state index contributed by atoms with van der Waals surface area (Å²) in [6, 6.07) is 3.48. The first kappa shape index (κ1) is 8.43. The lowest BCUT2D eigenvalue weighted by atomic mass is 10.1. The zero-order chi connectivity index (χ0) is 8.43. The van der Waals surface area contributed by atoms with Gasteiger partial charge < -0.3 is 10.2 Å². The molecule has 1 aromatic rings. The van der Waals surface area contributed by atoms with Crippen molar-refractivity contribution in [2.24, 2.45) is 0 Å². The maximum absolute atomic E-state index is 9.29. The Balaban J connectivity index is 3.24. The van der Waals surface area contributed by atoms with Crippen LogP contribution in [0.2, 0.25) is 0 Å². The van der Waals surface area contributed by atoms with Gasteiger partial charge in [0.25, 0.3) is 0 Å². The van der Waals surface area contributed by atoms with Gasteiger partial charge in [0.05, 0.1) is 6.61 Å². The summed E-state index contributed by atoms with van der Waals surface area (Å²) in [5.41, 5.74) is 1.51. The molecule has 1 aromatic carbocycles. The van der Waals surface area contributed by atoms with Crippen LogP contribution in [-0.4, -0.2) is 10.2 Å². The van der Waals surface area contributed by atoms with Gasteiger partial charge in [-0.15, -0.1) is 12.6 Å². The minimum atomic E-state index is -0.152. The molecular weight excluding hydrogens is 160 g/mol. The first-order valence-corrected chi connectivity index (χ1v) is 3.72. The molecule has 0 bridgehead atoms. The highest BCUT2D eigenvalue weighted by Gasteiger charge is 2.03. The highest BCUT2D eigenvalue weighted by atomic mass is 32.1. The molecule has 60 valence electrons. The van der Waals surface area contributed by atoms with Crippen LogP contribution in [0.15, 0.2) is 17.0 Å². The lowest BCUT2D eigenvalue weighted by Crippen LogP contribution is -1.86. The van der Waals surface area contributed by atoms with Crippen molar-refractivity contribution in [1.29, 1.82) is 0 Å². The van der Waals surface area contributed by atoms with E-state index in [4.69, 9.17) is 5.11 Å². The Morgan fingerprint density at radius 1 is 1.45 bits per heavy atom. The molecule has 0 atom stereocenters. The van der Waals surface area contributed by atoms with Crippen molar-refractivity contribution in [2.45, 2.75) is 18.4 Å². The third-order valence-electron chi connectivity index (χ3n) is 1.48. The van der Waals surface area contributed by atoms with Crippen LogP contribution < -0.4 is 0 Å². The van der Waals surface area contributed by atoms with E-state index in [1.807, 2.05) is 6.92 Å². The van der Waals surface area contributed by atoms with Crippen LogP contribution in [-0.2, 0) is 6.61 Å². The van der Waals surface area contributed by atoms with Crippen molar-refractivity contribution < 1.29 is 10.2 Å². The number of aliphatic hydroxyl groups is 1. The molecule has 0 aliphatic carbocycles. The molecule has 0 radical (unpaired) electrons. The van der Waals surface area contributed by atoms with Crippen LogP contribution in [0.4, 0.5) is 0 Å². The zero-order valence-electron chi connectivity index (χ0n) is 6.20. The zero-order valence-corrected chi connectivity index (χ0v) is 7.10. The maximum Gasteiger partial charge on any atom is 0.134 e. The molecule has 0 aromatic heterocycles. The van der Waals surface area contributed by atoms with E-state index in [9.17, 15) is 5.11 Å². The Bertz CT molecular complexity index is 271. The summed E-state index contributed by atoms with van der Waals surface area (Å²) in [6.07, 6.45) is 0. The average molecular weight is 170 g/mol. The third-order valence-corrected chi connectivity index (χ3v) is 1.82. The van der Waals surface area contributed by atoms with E-state index in [1.165, 1.54) is 0 Å². The van der Waals surface area contributed by atoms with Crippen molar-refractivity contribution in [1.82, 2.24) is 0 Å². The highest BCUT2D eigenvalue weighted by molar-refractivity contribution is 7.80. The number of aliphatic hydroxyl groups excluding tert-OH is 1. The molecule has 0 aliphatic rings. The molecule has 0 saturated carbocycles. The van der Waals surface area contributed by atoms with E-state index >= 15 is 0 Å². The lowest BCUT2D eigenvalue weighted by molar-refractivity contribution is 0.274. The van der Waals surface area contributed by atoms with Gasteiger partial charge in [-0.3, -0.25) is 0 Å². The second-order valence-electron chi connectivity index (χ2n) is 2.45. The largest absolute Gasteiger partial charge is 0.506 e. The van der Waals surface area contributed by atoms with Crippen molar-refractivity contribution in [2.75, 3.05) is 0 Å². The van der Waals surface area contributed by atoms with Crippen molar-refractivity contribution in [3.8, 4) is 5.75 Å². The number of phenols is 1. The minimum absolute atomic E-state index is 0.0708. The molecular formula is C8H10O2S. The van der Waals surface area contributed by atoms with Crippen LogP contribution >= 0.6 is 12.6 Å². The maximum atomic E-state index is 9.29. The predicted octanol–water partition coefficient (Wildman–Crippen LogP) is 1.48. The molecule has 0 saturated heterocycles. The van der Waals surface area contributed by atoms with Gasteiger partial charge in [0.15, 0.2) is 0 Å². The molecule has 0 spiro atoms. The number of aromatic hydroxyl groups is 1. The molecule has 0 amide bonds. The Kier molecular flexibility index (Phi) is 2.42. The smallest absolute Gasteiger partial charge is 0.134 e. The summed E-state index contributed by atoms with van der Waals surface area (Å²) in [4.78, 5) is 0.508. The van der Waals surface area contributed by atoms with Gasteiger partial charge >= 0.3 is 0 Å². The first-order valence-electron chi connectivity index (χ1n) is 3.27. The van der Waals surface area contributed by atoms with Gasteiger partial charge in [-0.2, -0.15) is 0 Å². The quantitative estimate of drug-likeness (QED) is 0.559. The van der Waals surface area contributed by atoms with Crippen molar-refractivity contribution in [3.63, 3.8) is 0 Å². The van der Waals surface area contributed by atoms with Crippen molar-refractivity contribution in [3.05, 3.63) is 23.3 Å². The van der Waals surface area contributed by atoms with Crippen LogP contribution in [0.3, 0.4) is 0 Å². The minimum Gasteiger partial charge on any atom is -0.506 e. The number of thiol groups is 1. The van der Waals surface area contributed by atoms with Gasteiger partial charge in [-0.25, -0.2) is 0 Å². The third kappa shape index (κ3) is 1.67. The molecule has 0 fully saturated rings. The summed E-state index contributed by atoms with van der Waals surface area (Å²) >= 11 is 4.03. The van der Waals surface area contributed by atoms with Gasteiger partial charge in [-0.05, 0) is 24.6 Å². The van der Waals surface area contributed by atoms with E-state index in [1.54, 1.807) is 12.1 Å². The van der Waals surface area contributed by atoms with Crippen LogP contribution in [0, 0.1) is 6.92 Å². The fourth-order valence-corrected chi connectivity index (χ4v) is 1.30. The predicted molar refractivity (Wildman–Crippen MR) is 46.0 cm³/mol. The molecule has 0 heterocycles. The van der Waals surface area contributed by atoms with Gasteiger partial charge in [-0.1, -0.05) is 0 Å². The molecule has 2 nitrogen and oxygen atoms in total. The van der Waals surface area contributed by atoms with Gasteiger partial charge in [0.2, 0.25) is 0 Å².